The molecule has 7 nitrogen and oxygen atoms in total. The maximum absolute atomic E-state index is 12.0. The monoisotopic (exact) mass is 331 g/mol. The highest BCUT2D eigenvalue weighted by Crippen LogP contribution is 2.12. The number of hydrogen-bond acceptors (Lipinski definition) is 7. The molecule has 1 N–H and O–H groups in total. The van der Waals surface area contributed by atoms with Crippen LogP contribution in [-0.4, -0.2) is 37.9 Å². The molecule has 1 aromatic carbocycles. The molecule has 0 bridgehead atoms. The largest absolute Gasteiger partial charge is 0.549 e. The summed E-state index contributed by atoms with van der Waals surface area (Å²) >= 11 is 0.726. The summed E-state index contributed by atoms with van der Waals surface area (Å²) in [6.07, 6.45) is 0. The van der Waals surface area contributed by atoms with Crippen molar-refractivity contribution in [1.29, 1.82) is 0 Å². The van der Waals surface area contributed by atoms with Crippen molar-refractivity contribution in [2.45, 2.75) is 17.9 Å². The zero-order valence-corrected chi connectivity index (χ0v) is 12.7. The number of aliphatic carboxylic acids is 2. The van der Waals surface area contributed by atoms with Crippen molar-refractivity contribution in [3.05, 3.63) is 29.8 Å². The molecule has 0 aliphatic carbocycles. The number of carbonyl (C=O) groups excluding carboxylic acids is 2. The van der Waals surface area contributed by atoms with E-state index in [4.69, 9.17) is 0 Å². The Labute approximate surface area is 126 Å². The summed E-state index contributed by atoms with van der Waals surface area (Å²) in [6, 6.07) is 4.32. The molecule has 21 heavy (non-hydrogen) atoms. The van der Waals surface area contributed by atoms with Gasteiger partial charge in [0.15, 0.2) is 0 Å². The Bertz CT molecular complexity index is 611. The SMILES string of the molecule is Cc1ccc(S(=O)(=O)N[C@H](CSCC(=O)[O-])C(=O)[O-])cc1. The molecule has 0 amide bonds. The molecular weight excluding hydrogens is 318 g/mol. The number of benzene rings is 1. The van der Waals surface area contributed by atoms with Crippen LogP contribution < -0.4 is 14.9 Å². The number of carboxylic acids is 2. The summed E-state index contributed by atoms with van der Waals surface area (Å²) in [5, 5.41) is 21.2. The molecule has 0 radical (unpaired) electrons. The lowest BCUT2D eigenvalue weighted by molar-refractivity contribution is -0.307. The second-order valence-electron chi connectivity index (χ2n) is 4.19. The molecule has 0 aliphatic rings. The predicted octanol–water partition coefficient (Wildman–Crippen LogP) is -2.13. The summed E-state index contributed by atoms with van der Waals surface area (Å²) < 4.78 is 26.0. The maximum atomic E-state index is 12.0. The minimum atomic E-state index is -4.02. The lowest BCUT2D eigenvalue weighted by Gasteiger charge is -2.19. The molecule has 0 heterocycles. The number of hydrogen-bond donors (Lipinski definition) is 1. The normalized spacial score (nSPS) is 12.8. The first-order chi connectivity index (χ1) is 9.72. The Balaban J connectivity index is 2.79. The Kier molecular flexibility index (Phi) is 6.19. The zero-order valence-electron chi connectivity index (χ0n) is 11.1. The second-order valence-corrected chi connectivity index (χ2v) is 6.94. The van der Waals surface area contributed by atoms with Crippen LogP contribution in [0.2, 0.25) is 0 Å². The van der Waals surface area contributed by atoms with E-state index >= 15 is 0 Å². The van der Waals surface area contributed by atoms with Crippen molar-refractivity contribution in [3.8, 4) is 0 Å². The summed E-state index contributed by atoms with van der Waals surface area (Å²) in [5.41, 5.74) is 0.856. The highest BCUT2D eigenvalue weighted by Gasteiger charge is 2.20. The van der Waals surface area contributed by atoms with Crippen LogP contribution in [0.25, 0.3) is 0 Å². The lowest BCUT2D eigenvalue weighted by atomic mass is 10.2. The van der Waals surface area contributed by atoms with Crippen LogP contribution in [0.3, 0.4) is 0 Å². The number of sulfonamides is 1. The molecule has 0 spiro atoms. The first-order valence-corrected chi connectivity index (χ1v) is 8.43. The Hall–Kier alpha value is -1.58. The van der Waals surface area contributed by atoms with Crippen LogP contribution in [0.4, 0.5) is 0 Å². The highest BCUT2D eigenvalue weighted by atomic mass is 32.2. The molecule has 0 aliphatic heterocycles. The van der Waals surface area contributed by atoms with E-state index in [0.717, 1.165) is 17.3 Å². The summed E-state index contributed by atoms with van der Waals surface area (Å²) in [5.74, 6) is -3.70. The maximum Gasteiger partial charge on any atom is 0.241 e. The Morgan fingerprint density at radius 2 is 1.81 bits per heavy atom. The standard InChI is InChI=1S/C12H15NO6S2/c1-8-2-4-9(5-3-8)21(18,19)13-10(12(16)17)6-20-7-11(14)15/h2-5,10,13H,6-7H2,1H3,(H,14,15)(H,16,17)/p-2/t10-/m1/s1. The van der Waals surface area contributed by atoms with Gasteiger partial charge in [0.05, 0.1) is 22.9 Å². The minimum absolute atomic E-state index is 0.0794. The smallest absolute Gasteiger partial charge is 0.241 e. The third-order valence-electron chi connectivity index (χ3n) is 2.42. The van der Waals surface area contributed by atoms with Gasteiger partial charge in [-0.05, 0) is 19.1 Å². The van der Waals surface area contributed by atoms with Crippen molar-refractivity contribution in [2.75, 3.05) is 11.5 Å². The number of nitrogens with one attached hydrogen (secondary N) is 1. The van der Waals surface area contributed by atoms with Gasteiger partial charge in [-0.1, -0.05) is 17.7 Å². The highest BCUT2D eigenvalue weighted by molar-refractivity contribution is 8.00. The van der Waals surface area contributed by atoms with Crippen molar-refractivity contribution in [2.24, 2.45) is 0 Å². The number of aryl methyl sites for hydroxylation is 1. The van der Waals surface area contributed by atoms with E-state index in [1.54, 1.807) is 19.1 Å². The van der Waals surface area contributed by atoms with Gasteiger partial charge in [0.2, 0.25) is 10.0 Å². The third-order valence-corrected chi connectivity index (χ3v) is 4.91. The van der Waals surface area contributed by atoms with E-state index in [9.17, 15) is 28.2 Å². The van der Waals surface area contributed by atoms with E-state index in [1.165, 1.54) is 12.1 Å². The number of carboxylic acid groups (broad SMARTS) is 2. The first kappa shape index (κ1) is 17.5. The van der Waals surface area contributed by atoms with Crippen LogP contribution in [0, 0.1) is 6.92 Å². The van der Waals surface area contributed by atoms with Crippen molar-refractivity contribution in [1.82, 2.24) is 4.72 Å². The molecule has 0 saturated heterocycles. The molecule has 0 aromatic heterocycles. The molecule has 0 saturated carbocycles. The topological polar surface area (TPSA) is 126 Å². The van der Waals surface area contributed by atoms with Crippen LogP contribution in [0.1, 0.15) is 5.56 Å². The molecule has 1 atom stereocenters. The van der Waals surface area contributed by atoms with Crippen LogP contribution in [0.15, 0.2) is 29.2 Å². The molecular formula is C12H13NO6S2-2. The van der Waals surface area contributed by atoms with Gasteiger partial charge in [0.25, 0.3) is 0 Å². The van der Waals surface area contributed by atoms with E-state index in [-0.39, 0.29) is 10.6 Å². The van der Waals surface area contributed by atoms with E-state index in [1.807, 2.05) is 4.72 Å². The van der Waals surface area contributed by atoms with Gasteiger partial charge in [-0.3, -0.25) is 0 Å². The Morgan fingerprint density at radius 3 is 2.29 bits per heavy atom. The van der Waals surface area contributed by atoms with E-state index < -0.39 is 33.8 Å². The summed E-state index contributed by atoms with van der Waals surface area (Å²) in [6.45, 7) is 1.78. The van der Waals surface area contributed by atoms with Gasteiger partial charge in [0, 0.05) is 11.5 Å². The van der Waals surface area contributed by atoms with Gasteiger partial charge in [-0.2, -0.15) is 11.8 Å². The molecule has 0 unspecified atom stereocenters. The summed E-state index contributed by atoms with van der Waals surface area (Å²) in [4.78, 5) is 21.1. The van der Waals surface area contributed by atoms with Crippen molar-refractivity contribution in [3.63, 3.8) is 0 Å². The molecule has 116 valence electrons. The fourth-order valence-corrected chi connectivity index (χ4v) is 3.41. The van der Waals surface area contributed by atoms with Crippen molar-refractivity contribution < 1.29 is 28.2 Å². The zero-order chi connectivity index (χ0) is 16.0. The van der Waals surface area contributed by atoms with Crippen LogP contribution >= 0.6 is 11.8 Å². The third kappa shape index (κ3) is 5.74. The van der Waals surface area contributed by atoms with Gasteiger partial charge >= 0.3 is 0 Å². The van der Waals surface area contributed by atoms with E-state index in [2.05, 4.69) is 0 Å². The lowest BCUT2D eigenvalue weighted by Crippen LogP contribution is -2.49. The number of carbonyl (C=O) groups is 2. The molecule has 0 fully saturated rings. The number of thioether (sulfide) groups is 1. The van der Waals surface area contributed by atoms with Gasteiger partial charge in [0.1, 0.15) is 0 Å². The van der Waals surface area contributed by atoms with Gasteiger partial charge in [-0.15, -0.1) is 0 Å². The van der Waals surface area contributed by atoms with Crippen molar-refractivity contribution >= 4 is 33.7 Å². The molecule has 1 rings (SSSR count). The van der Waals surface area contributed by atoms with Gasteiger partial charge in [-0.25, -0.2) is 13.1 Å². The minimum Gasteiger partial charge on any atom is -0.549 e. The summed E-state index contributed by atoms with van der Waals surface area (Å²) in [7, 11) is -4.02. The fourth-order valence-electron chi connectivity index (χ4n) is 1.38. The quantitative estimate of drug-likeness (QED) is 0.577. The van der Waals surface area contributed by atoms with Gasteiger partial charge < -0.3 is 19.8 Å². The van der Waals surface area contributed by atoms with Crippen LogP contribution in [0.5, 0.6) is 0 Å². The predicted molar refractivity (Wildman–Crippen MR) is 72.6 cm³/mol. The molecule has 9 heteroatoms. The second kappa shape index (κ2) is 7.43. The average Bonchev–Trinajstić information content (AvgIpc) is 2.37. The number of rotatable bonds is 8. The van der Waals surface area contributed by atoms with E-state index in [0.29, 0.717) is 0 Å². The fraction of sp³-hybridized carbons (Fsp3) is 0.333. The average molecular weight is 331 g/mol. The van der Waals surface area contributed by atoms with Crippen LogP contribution in [-0.2, 0) is 19.6 Å². The first-order valence-electron chi connectivity index (χ1n) is 5.80. The molecule has 1 aromatic rings. The Morgan fingerprint density at radius 1 is 1.24 bits per heavy atom.